The van der Waals surface area contributed by atoms with Crippen LogP contribution in [0.25, 0.3) is 10.4 Å². The molecule has 1 aromatic carbocycles. The number of benzene rings is 1. The average molecular weight is 345 g/mol. The molecule has 2 aromatic rings. The Morgan fingerprint density at radius 3 is 2.75 bits per heavy atom. The highest BCUT2D eigenvalue weighted by molar-refractivity contribution is 7.17. The molecule has 3 rings (SSSR count). The molecule has 0 unspecified atom stereocenters. The van der Waals surface area contributed by atoms with Crippen LogP contribution in [-0.2, 0) is 4.79 Å². The topological polar surface area (TPSA) is 119 Å². The summed E-state index contributed by atoms with van der Waals surface area (Å²) in [7, 11) is 0. The second-order valence-electron chi connectivity index (χ2n) is 4.89. The highest BCUT2D eigenvalue weighted by Gasteiger charge is 2.25. The van der Waals surface area contributed by atoms with Crippen LogP contribution in [0.3, 0.4) is 0 Å². The summed E-state index contributed by atoms with van der Waals surface area (Å²) in [4.78, 5) is 35.0. The molecule has 3 amide bonds. The van der Waals surface area contributed by atoms with E-state index in [-0.39, 0.29) is 17.9 Å². The average Bonchev–Trinajstić information content (AvgIpc) is 3.12. The molecule has 24 heavy (non-hydrogen) atoms. The highest BCUT2D eigenvalue weighted by atomic mass is 32.1. The lowest BCUT2D eigenvalue weighted by Gasteiger charge is -2.03. The molecule has 0 atom stereocenters. The van der Waals surface area contributed by atoms with Gasteiger partial charge in [0.15, 0.2) is 0 Å². The van der Waals surface area contributed by atoms with Crippen molar-refractivity contribution in [2.45, 2.75) is 0 Å². The van der Waals surface area contributed by atoms with Gasteiger partial charge in [0.2, 0.25) is 5.91 Å². The number of phenols is 1. The quantitative estimate of drug-likeness (QED) is 0.575. The molecule has 1 saturated heterocycles. The minimum Gasteiger partial charge on any atom is -0.507 e. The van der Waals surface area contributed by atoms with Gasteiger partial charge in [-0.15, -0.1) is 11.3 Å². The maximum absolute atomic E-state index is 11.4. The van der Waals surface area contributed by atoms with Crippen LogP contribution in [0.1, 0.15) is 15.2 Å². The molecule has 8 nitrogen and oxygen atoms in total. The first kappa shape index (κ1) is 15.7. The van der Waals surface area contributed by atoms with E-state index in [0.29, 0.717) is 5.56 Å². The molecule has 0 saturated carbocycles. The molecule has 3 N–H and O–H groups in total. The van der Waals surface area contributed by atoms with E-state index < -0.39 is 17.9 Å². The molecule has 0 radical (unpaired) electrons. The summed E-state index contributed by atoms with van der Waals surface area (Å²) in [5.74, 6) is -1.92. The van der Waals surface area contributed by atoms with Crippen molar-refractivity contribution in [2.24, 2.45) is 5.10 Å². The molecule has 2 heterocycles. The van der Waals surface area contributed by atoms with Gasteiger partial charge in [-0.1, -0.05) is 0 Å². The number of thiophene rings is 1. The predicted octanol–water partition coefficient (Wildman–Crippen LogP) is 1.70. The van der Waals surface area contributed by atoms with E-state index in [1.807, 2.05) is 0 Å². The van der Waals surface area contributed by atoms with Crippen molar-refractivity contribution >= 4 is 35.5 Å². The zero-order valence-corrected chi connectivity index (χ0v) is 12.9. The number of rotatable bonds is 4. The second-order valence-corrected chi connectivity index (χ2v) is 6.01. The number of nitrogens with zero attached hydrogens (tertiary/aromatic N) is 2. The van der Waals surface area contributed by atoms with E-state index in [1.165, 1.54) is 29.7 Å². The number of nitrogens with one attached hydrogen (secondary N) is 1. The van der Waals surface area contributed by atoms with Gasteiger partial charge in [-0.05, 0) is 35.9 Å². The summed E-state index contributed by atoms with van der Waals surface area (Å²) in [6.07, 6.45) is 1.45. The molecular weight excluding hydrogens is 334 g/mol. The Labute approximate surface area is 139 Å². The van der Waals surface area contributed by atoms with Crippen LogP contribution in [-0.4, -0.2) is 45.9 Å². The van der Waals surface area contributed by atoms with Crippen molar-refractivity contribution in [3.63, 3.8) is 0 Å². The maximum Gasteiger partial charge on any atom is 0.344 e. The minimum atomic E-state index is -1.21. The number of carbonyl (C=O) groups is 3. The van der Waals surface area contributed by atoms with E-state index >= 15 is 0 Å². The van der Waals surface area contributed by atoms with Crippen LogP contribution >= 0.6 is 11.3 Å². The van der Waals surface area contributed by atoms with Crippen LogP contribution in [0.4, 0.5) is 4.79 Å². The molecule has 1 aromatic heterocycles. The number of aromatic carboxylic acids is 1. The van der Waals surface area contributed by atoms with Gasteiger partial charge >= 0.3 is 12.0 Å². The van der Waals surface area contributed by atoms with Gasteiger partial charge < -0.3 is 10.2 Å². The maximum atomic E-state index is 11.4. The molecule has 1 aliphatic heterocycles. The third kappa shape index (κ3) is 3.10. The zero-order chi connectivity index (χ0) is 17.3. The molecule has 0 spiro atoms. The largest absolute Gasteiger partial charge is 0.507 e. The zero-order valence-electron chi connectivity index (χ0n) is 12.1. The van der Waals surface area contributed by atoms with Gasteiger partial charge in [-0.25, -0.2) is 14.6 Å². The molecular formula is C15H11N3O5S. The van der Waals surface area contributed by atoms with Crippen LogP contribution < -0.4 is 5.32 Å². The number of imide groups is 1. The van der Waals surface area contributed by atoms with E-state index in [2.05, 4.69) is 10.4 Å². The summed E-state index contributed by atoms with van der Waals surface area (Å²) < 4.78 is 0. The Hall–Kier alpha value is -3.20. The summed E-state index contributed by atoms with van der Waals surface area (Å²) in [6, 6.07) is 7.29. The smallest absolute Gasteiger partial charge is 0.344 e. The number of amides is 3. The number of hydrogen-bond acceptors (Lipinski definition) is 6. The fourth-order valence-electron chi connectivity index (χ4n) is 2.09. The second kappa shape index (κ2) is 6.13. The van der Waals surface area contributed by atoms with Crippen molar-refractivity contribution in [2.75, 3.05) is 6.54 Å². The van der Waals surface area contributed by atoms with Gasteiger partial charge in [0.25, 0.3) is 0 Å². The number of aromatic hydroxyl groups is 1. The molecule has 1 aliphatic rings. The summed E-state index contributed by atoms with van der Waals surface area (Å²) >= 11 is 1.33. The van der Waals surface area contributed by atoms with E-state index in [0.717, 1.165) is 14.8 Å². The standard InChI is InChI=1S/C15H11N3O5S/c19-11-3-1-8(5-10(11)14(21)22)12-4-2-9(24-12)6-16-18-7-13(20)17-15(18)23/h1-6,19H,7H2,(H,21,22)(H,17,20,23)/b16-6+. The minimum absolute atomic E-state index is 0.118. The highest BCUT2D eigenvalue weighted by Crippen LogP contribution is 2.30. The Balaban J connectivity index is 1.81. The van der Waals surface area contributed by atoms with Crippen LogP contribution in [0.5, 0.6) is 5.75 Å². The first-order valence-corrected chi connectivity index (χ1v) is 7.57. The monoisotopic (exact) mass is 345 g/mol. The SMILES string of the molecule is O=C1CN(/N=C/c2ccc(-c3ccc(O)c(C(=O)O)c3)s2)C(=O)N1. The van der Waals surface area contributed by atoms with Gasteiger partial charge in [0, 0.05) is 9.75 Å². The molecule has 1 fully saturated rings. The van der Waals surface area contributed by atoms with Gasteiger partial charge in [0.05, 0.1) is 6.21 Å². The lowest BCUT2D eigenvalue weighted by molar-refractivity contribution is -0.118. The van der Waals surface area contributed by atoms with Gasteiger partial charge in [-0.2, -0.15) is 5.10 Å². The van der Waals surface area contributed by atoms with Crippen molar-refractivity contribution in [1.29, 1.82) is 0 Å². The summed E-state index contributed by atoms with van der Waals surface area (Å²) in [6.45, 7) is -0.118. The molecule has 9 heteroatoms. The van der Waals surface area contributed by atoms with Crippen LogP contribution in [0.2, 0.25) is 0 Å². The Morgan fingerprint density at radius 1 is 1.29 bits per heavy atom. The normalized spacial score (nSPS) is 14.4. The van der Waals surface area contributed by atoms with Crippen molar-refractivity contribution in [3.8, 4) is 16.2 Å². The van der Waals surface area contributed by atoms with Crippen molar-refractivity contribution in [1.82, 2.24) is 10.3 Å². The summed E-state index contributed by atoms with van der Waals surface area (Å²) in [5, 5.41) is 25.7. The fourth-order valence-corrected chi connectivity index (χ4v) is 2.96. The van der Waals surface area contributed by atoms with Crippen molar-refractivity contribution < 1.29 is 24.6 Å². The van der Waals surface area contributed by atoms with Gasteiger partial charge in [0.1, 0.15) is 17.9 Å². The summed E-state index contributed by atoms with van der Waals surface area (Å²) in [5.41, 5.74) is 0.465. The van der Waals surface area contributed by atoms with E-state index in [4.69, 9.17) is 5.11 Å². The first-order chi connectivity index (χ1) is 11.4. The molecule has 0 aliphatic carbocycles. The van der Waals surface area contributed by atoms with E-state index in [1.54, 1.807) is 18.2 Å². The van der Waals surface area contributed by atoms with E-state index in [9.17, 15) is 19.5 Å². The Bertz CT molecular complexity index is 874. The fraction of sp³-hybridized carbons (Fsp3) is 0.0667. The number of carbonyl (C=O) groups excluding carboxylic acids is 2. The predicted molar refractivity (Wildman–Crippen MR) is 86.2 cm³/mol. The van der Waals surface area contributed by atoms with Gasteiger partial charge in [-0.3, -0.25) is 10.1 Å². The Morgan fingerprint density at radius 2 is 2.08 bits per heavy atom. The lowest BCUT2D eigenvalue weighted by Crippen LogP contribution is -2.24. The third-order valence-corrected chi connectivity index (χ3v) is 4.31. The lowest BCUT2D eigenvalue weighted by atomic mass is 10.1. The number of carboxylic acids is 1. The van der Waals surface area contributed by atoms with Crippen LogP contribution in [0, 0.1) is 0 Å². The molecule has 122 valence electrons. The number of carboxylic acid groups (broad SMARTS) is 1. The molecule has 0 bridgehead atoms. The number of hydrogen-bond donors (Lipinski definition) is 3. The van der Waals surface area contributed by atoms with Crippen molar-refractivity contribution in [3.05, 3.63) is 40.8 Å². The van der Waals surface area contributed by atoms with Crippen LogP contribution in [0.15, 0.2) is 35.4 Å². The number of hydrazone groups is 1. The Kier molecular flexibility index (Phi) is 4.00. The third-order valence-electron chi connectivity index (χ3n) is 3.24. The first-order valence-electron chi connectivity index (χ1n) is 6.76. The number of urea groups is 1.